The Hall–Kier alpha value is -2.34. The number of aromatic nitrogens is 2. The Morgan fingerprint density at radius 3 is 2.56 bits per heavy atom. The van der Waals surface area contributed by atoms with Crippen LogP contribution in [0.1, 0.15) is 33.3 Å². The zero-order chi connectivity index (χ0) is 18.8. The van der Waals surface area contributed by atoms with Gasteiger partial charge in [0.2, 0.25) is 5.91 Å². The van der Waals surface area contributed by atoms with Gasteiger partial charge in [0.1, 0.15) is 0 Å². The highest BCUT2D eigenvalue weighted by Crippen LogP contribution is 2.26. The van der Waals surface area contributed by atoms with Crippen LogP contribution in [0.25, 0.3) is 0 Å². The van der Waals surface area contributed by atoms with Gasteiger partial charge in [0.15, 0.2) is 5.54 Å². The van der Waals surface area contributed by atoms with Crippen LogP contribution in [0, 0.1) is 5.41 Å². The van der Waals surface area contributed by atoms with E-state index < -0.39 is 16.9 Å². The second kappa shape index (κ2) is 6.88. The lowest BCUT2D eigenvalue weighted by Gasteiger charge is -2.23. The van der Waals surface area contributed by atoms with Crippen LogP contribution in [0.3, 0.4) is 0 Å². The molecule has 0 radical (unpaired) electrons. The number of aliphatic carboxylic acids is 1. The molecule has 25 heavy (non-hydrogen) atoms. The van der Waals surface area contributed by atoms with E-state index in [1.54, 1.807) is 6.07 Å². The first kappa shape index (κ1) is 19.0. The highest BCUT2D eigenvalue weighted by atomic mass is 35.5. The quantitative estimate of drug-likeness (QED) is 0.821. The lowest BCUT2D eigenvalue weighted by molar-refractivity contribution is -0.146. The highest BCUT2D eigenvalue weighted by Gasteiger charge is 2.32. The van der Waals surface area contributed by atoms with E-state index in [0.29, 0.717) is 17.1 Å². The molecule has 0 unspecified atom stereocenters. The number of nitrogens with one attached hydrogen (secondary N) is 1. The Morgan fingerprint density at radius 2 is 1.96 bits per heavy atom. The van der Waals surface area contributed by atoms with Crippen molar-refractivity contribution in [3.63, 3.8) is 0 Å². The fourth-order valence-electron chi connectivity index (χ4n) is 2.33. The second-order valence-electron chi connectivity index (χ2n) is 7.18. The van der Waals surface area contributed by atoms with Gasteiger partial charge in [0.05, 0.1) is 11.9 Å². The topological polar surface area (TPSA) is 84.2 Å². The maximum atomic E-state index is 12.6. The van der Waals surface area contributed by atoms with Crippen molar-refractivity contribution >= 4 is 29.2 Å². The summed E-state index contributed by atoms with van der Waals surface area (Å²) < 4.78 is 1.31. The number of nitrogens with zero attached hydrogens (tertiary/aromatic N) is 2. The van der Waals surface area contributed by atoms with Crippen molar-refractivity contribution in [2.45, 2.75) is 39.7 Å². The van der Waals surface area contributed by atoms with Crippen LogP contribution >= 0.6 is 11.6 Å². The molecule has 0 aliphatic carbocycles. The predicted molar refractivity (Wildman–Crippen MR) is 96.8 cm³/mol. The van der Waals surface area contributed by atoms with Crippen molar-refractivity contribution < 1.29 is 14.7 Å². The minimum absolute atomic E-state index is 0.180. The molecule has 6 nitrogen and oxygen atoms in total. The first-order valence-electron chi connectivity index (χ1n) is 7.87. The summed E-state index contributed by atoms with van der Waals surface area (Å²) in [5.41, 5.74) is -0.442. The maximum absolute atomic E-state index is 12.6. The van der Waals surface area contributed by atoms with Gasteiger partial charge in [-0.15, -0.1) is 0 Å². The van der Waals surface area contributed by atoms with Crippen molar-refractivity contribution in [2.75, 3.05) is 5.32 Å². The van der Waals surface area contributed by atoms with Gasteiger partial charge >= 0.3 is 5.97 Å². The first-order valence-corrected chi connectivity index (χ1v) is 8.24. The molecule has 2 N–H and O–H groups in total. The molecule has 7 heteroatoms. The van der Waals surface area contributed by atoms with Crippen LogP contribution in [0.15, 0.2) is 36.7 Å². The van der Waals surface area contributed by atoms with Crippen molar-refractivity contribution in [3.05, 3.63) is 47.2 Å². The average molecular weight is 364 g/mol. The summed E-state index contributed by atoms with van der Waals surface area (Å²) in [5, 5.41) is 16.7. The van der Waals surface area contributed by atoms with E-state index in [2.05, 4.69) is 10.4 Å². The molecule has 1 aromatic carbocycles. The lowest BCUT2D eigenvalue weighted by Crippen LogP contribution is -2.36. The number of hydrogen-bond acceptors (Lipinski definition) is 3. The fraction of sp³-hybridized carbons (Fsp3) is 0.389. The Morgan fingerprint density at radius 1 is 1.28 bits per heavy atom. The van der Waals surface area contributed by atoms with Gasteiger partial charge in [0.25, 0.3) is 0 Å². The van der Waals surface area contributed by atoms with Gasteiger partial charge in [0, 0.05) is 16.6 Å². The summed E-state index contributed by atoms with van der Waals surface area (Å²) >= 11 is 5.99. The van der Waals surface area contributed by atoms with Gasteiger partial charge in [-0.2, -0.15) is 5.10 Å². The van der Waals surface area contributed by atoms with Crippen molar-refractivity contribution in [1.82, 2.24) is 9.78 Å². The smallest absolute Gasteiger partial charge is 0.331 e. The third kappa shape index (κ3) is 4.39. The van der Waals surface area contributed by atoms with Crippen molar-refractivity contribution in [3.8, 4) is 0 Å². The number of hydrogen-bond donors (Lipinski definition) is 2. The van der Waals surface area contributed by atoms with Crippen molar-refractivity contribution in [1.29, 1.82) is 0 Å². The number of rotatable bonds is 6. The largest absolute Gasteiger partial charge is 0.479 e. The number of carboxylic acids is 1. The Balaban J connectivity index is 2.11. The summed E-state index contributed by atoms with van der Waals surface area (Å²) in [4.78, 5) is 23.9. The standard InChI is InChI=1S/C18H22ClN3O3/c1-17(2,9-12-6-5-7-13(19)8-12)15(23)21-14-10-20-22(11-14)18(3,4)16(24)25/h5-8,10-11H,9H2,1-4H3,(H,21,23)(H,24,25). The van der Waals surface area contributed by atoms with E-state index in [-0.39, 0.29) is 5.91 Å². The number of carbonyl (C=O) groups is 2. The number of carbonyl (C=O) groups excluding carboxylic acids is 1. The zero-order valence-corrected chi connectivity index (χ0v) is 15.5. The Labute approximate surface area is 151 Å². The van der Waals surface area contributed by atoms with Gasteiger partial charge in [-0.25, -0.2) is 4.79 Å². The third-order valence-electron chi connectivity index (χ3n) is 4.09. The molecule has 0 bridgehead atoms. The van der Waals surface area contributed by atoms with Gasteiger partial charge in [-0.05, 0) is 38.0 Å². The SMILES string of the molecule is CC(C)(Cc1cccc(Cl)c1)C(=O)Nc1cnn(C(C)(C)C(=O)O)c1. The van der Waals surface area contributed by atoms with Crippen LogP contribution in [0.5, 0.6) is 0 Å². The maximum Gasteiger partial charge on any atom is 0.331 e. The van der Waals surface area contributed by atoms with E-state index in [4.69, 9.17) is 11.6 Å². The highest BCUT2D eigenvalue weighted by molar-refractivity contribution is 6.30. The molecule has 0 fully saturated rings. The zero-order valence-electron chi connectivity index (χ0n) is 14.7. The molecule has 0 saturated carbocycles. The van der Waals surface area contributed by atoms with Crippen LogP contribution in [0.2, 0.25) is 5.02 Å². The van der Waals surface area contributed by atoms with Crippen molar-refractivity contribution in [2.24, 2.45) is 5.41 Å². The predicted octanol–water partition coefficient (Wildman–Crippen LogP) is 3.56. The monoisotopic (exact) mass is 363 g/mol. The van der Waals surface area contributed by atoms with Crippen LogP contribution < -0.4 is 5.32 Å². The van der Waals surface area contributed by atoms with Gasteiger partial charge in [-0.3, -0.25) is 9.48 Å². The summed E-state index contributed by atoms with van der Waals surface area (Å²) in [6.07, 6.45) is 3.48. The lowest BCUT2D eigenvalue weighted by atomic mass is 9.85. The number of amides is 1. The molecule has 1 aromatic heterocycles. The average Bonchev–Trinajstić information content (AvgIpc) is 2.95. The molecule has 2 aromatic rings. The Bertz CT molecular complexity index is 796. The first-order chi connectivity index (χ1) is 11.5. The molecule has 2 rings (SSSR count). The molecule has 0 spiro atoms. The normalized spacial score (nSPS) is 12.0. The third-order valence-corrected chi connectivity index (χ3v) is 4.32. The minimum Gasteiger partial charge on any atom is -0.479 e. The van der Waals surface area contributed by atoms with E-state index in [0.717, 1.165) is 5.56 Å². The summed E-state index contributed by atoms with van der Waals surface area (Å²) in [5.74, 6) is -1.19. The molecule has 0 saturated heterocycles. The van der Waals surface area contributed by atoms with Gasteiger partial charge < -0.3 is 10.4 Å². The number of anilines is 1. The van der Waals surface area contributed by atoms with Crippen LogP contribution in [-0.4, -0.2) is 26.8 Å². The Kier molecular flexibility index (Phi) is 5.23. The van der Waals surface area contributed by atoms with Gasteiger partial charge in [-0.1, -0.05) is 37.6 Å². The molecule has 0 atom stereocenters. The molecule has 0 aliphatic heterocycles. The molecule has 1 heterocycles. The molecular formula is C18H22ClN3O3. The molecular weight excluding hydrogens is 342 g/mol. The van der Waals surface area contributed by atoms with Crippen LogP contribution in [-0.2, 0) is 21.5 Å². The molecule has 134 valence electrons. The minimum atomic E-state index is -1.20. The van der Waals surface area contributed by atoms with Crippen LogP contribution in [0.4, 0.5) is 5.69 Å². The summed E-state index contributed by atoms with van der Waals surface area (Å²) in [6, 6.07) is 7.40. The number of halogens is 1. The second-order valence-corrected chi connectivity index (χ2v) is 7.62. The number of carboxylic acid groups (broad SMARTS) is 1. The van der Waals surface area contributed by atoms with E-state index in [1.807, 2.05) is 32.0 Å². The molecule has 1 amide bonds. The number of benzene rings is 1. The summed E-state index contributed by atoms with van der Waals surface area (Å²) in [7, 11) is 0. The van der Waals surface area contributed by atoms with E-state index in [1.165, 1.54) is 30.9 Å². The summed E-state index contributed by atoms with van der Waals surface area (Å²) in [6.45, 7) is 6.76. The van der Waals surface area contributed by atoms with E-state index in [9.17, 15) is 14.7 Å². The molecule has 0 aliphatic rings. The fourth-order valence-corrected chi connectivity index (χ4v) is 2.54. The van der Waals surface area contributed by atoms with E-state index >= 15 is 0 Å².